The lowest BCUT2D eigenvalue weighted by Gasteiger charge is -2.26. The largest absolute Gasteiger partial charge is 0.468 e. The van der Waals surface area contributed by atoms with E-state index in [0.29, 0.717) is 44.3 Å². The Morgan fingerprint density at radius 2 is 1.86 bits per heavy atom. The molecule has 0 amide bonds. The molecular weight excluding hydrogens is 408 g/mol. The van der Waals surface area contributed by atoms with Gasteiger partial charge >= 0.3 is 0 Å². The standard InChI is InChI=1S/C21H24N2O4S2/c24-29(25,23-8-11-26-12-9-23)21-7-1-4-18(14-21)15-22(16-19-5-2-10-27-19)17-20-6-3-13-28-20/h1-7,10,13-14H,8-9,11-12,15-17H2. The summed E-state index contributed by atoms with van der Waals surface area (Å²) in [6, 6.07) is 15.2. The number of nitrogens with zero attached hydrogens (tertiary/aromatic N) is 2. The highest BCUT2D eigenvalue weighted by Crippen LogP contribution is 2.21. The Kier molecular flexibility index (Phi) is 6.46. The Balaban J connectivity index is 1.53. The van der Waals surface area contributed by atoms with E-state index >= 15 is 0 Å². The van der Waals surface area contributed by atoms with E-state index in [2.05, 4.69) is 16.3 Å². The molecule has 1 fully saturated rings. The molecule has 0 N–H and O–H groups in total. The molecule has 3 heterocycles. The maximum atomic E-state index is 13.0. The first-order valence-electron chi connectivity index (χ1n) is 9.55. The highest BCUT2D eigenvalue weighted by Gasteiger charge is 2.26. The zero-order valence-electron chi connectivity index (χ0n) is 16.1. The molecule has 0 spiro atoms. The summed E-state index contributed by atoms with van der Waals surface area (Å²) in [6.45, 7) is 3.74. The van der Waals surface area contributed by atoms with Crippen molar-refractivity contribution in [3.8, 4) is 0 Å². The molecule has 0 saturated carbocycles. The molecule has 0 atom stereocenters. The van der Waals surface area contributed by atoms with Crippen LogP contribution in [0.15, 0.2) is 69.5 Å². The third kappa shape index (κ3) is 5.15. The summed E-state index contributed by atoms with van der Waals surface area (Å²) in [5, 5.41) is 2.07. The second-order valence-electron chi connectivity index (χ2n) is 6.97. The fourth-order valence-electron chi connectivity index (χ4n) is 3.41. The molecule has 1 aromatic carbocycles. The number of thiophene rings is 1. The molecular formula is C21H24N2O4S2. The van der Waals surface area contributed by atoms with Crippen LogP contribution in [-0.2, 0) is 34.4 Å². The quantitative estimate of drug-likeness (QED) is 0.545. The summed E-state index contributed by atoms with van der Waals surface area (Å²) in [6.07, 6.45) is 1.67. The Labute approximate surface area is 175 Å². The normalized spacial score (nSPS) is 15.8. The zero-order valence-corrected chi connectivity index (χ0v) is 17.7. The van der Waals surface area contributed by atoms with Gasteiger partial charge in [-0.25, -0.2) is 8.42 Å². The van der Waals surface area contributed by atoms with E-state index in [1.165, 1.54) is 9.18 Å². The first kappa shape index (κ1) is 20.3. The highest BCUT2D eigenvalue weighted by molar-refractivity contribution is 7.89. The number of morpholine rings is 1. The second-order valence-corrected chi connectivity index (χ2v) is 9.94. The molecule has 0 unspecified atom stereocenters. The maximum absolute atomic E-state index is 13.0. The smallest absolute Gasteiger partial charge is 0.243 e. The molecule has 154 valence electrons. The van der Waals surface area contributed by atoms with Gasteiger partial charge < -0.3 is 9.15 Å². The van der Waals surface area contributed by atoms with Crippen LogP contribution in [0.25, 0.3) is 0 Å². The van der Waals surface area contributed by atoms with Gasteiger partial charge in [0.1, 0.15) is 5.76 Å². The van der Waals surface area contributed by atoms with E-state index in [4.69, 9.17) is 9.15 Å². The molecule has 4 rings (SSSR count). The zero-order chi connectivity index (χ0) is 20.1. The van der Waals surface area contributed by atoms with Gasteiger partial charge in [0.15, 0.2) is 0 Å². The molecule has 3 aromatic rings. The van der Waals surface area contributed by atoms with Crippen LogP contribution in [0.5, 0.6) is 0 Å². The van der Waals surface area contributed by atoms with Gasteiger partial charge in [0.05, 0.1) is 30.9 Å². The number of hydrogen-bond donors (Lipinski definition) is 0. The van der Waals surface area contributed by atoms with Crippen molar-refractivity contribution in [2.45, 2.75) is 24.5 Å². The van der Waals surface area contributed by atoms with Crippen LogP contribution in [0.3, 0.4) is 0 Å². The molecule has 8 heteroatoms. The van der Waals surface area contributed by atoms with Gasteiger partial charge in [-0.2, -0.15) is 4.31 Å². The van der Waals surface area contributed by atoms with Crippen molar-refractivity contribution < 1.29 is 17.6 Å². The van der Waals surface area contributed by atoms with Crippen LogP contribution in [0, 0.1) is 0 Å². The number of sulfonamides is 1. The van der Waals surface area contributed by atoms with Crippen LogP contribution in [0.2, 0.25) is 0 Å². The van der Waals surface area contributed by atoms with E-state index in [-0.39, 0.29) is 0 Å². The van der Waals surface area contributed by atoms with Gasteiger partial charge in [-0.15, -0.1) is 11.3 Å². The van der Waals surface area contributed by atoms with Gasteiger partial charge in [0, 0.05) is 31.1 Å². The fraction of sp³-hybridized carbons (Fsp3) is 0.333. The minimum atomic E-state index is -3.50. The summed E-state index contributed by atoms with van der Waals surface area (Å²) in [5.41, 5.74) is 0.961. The third-order valence-electron chi connectivity index (χ3n) is 4.83. The third-order valence-corrected chi connectivity index (χ3v) is 7.59. The molecule has 0 aliphatic carbocycles. The van der Waals surface area contributed by atoms with E-state index in [1.807, 2.05) is 30.3 Å². The van der Waals surface area contributed by atoms with Crippen molar-refractivity contribution in [1.29, 1.82) is 0 Å². The summed E-state index contributed by atoms with van der Waals surface area (Å²) >= 11 is 1.71. The van der Waals surface area contributed by atoms with Gasteiger partial charge in [0.25, 0.3) is 0 Å². The molecule has 2 aromatic heterocycles. The van der Waals surface area contributed by atoms with Gasteiger partial charge in [-0.1, -0.05) is 18.2 Å². The fourth-order valence-corrected chi connectivity index (χ4v) is 5.64. The van der Waals surface area contributed by atoms with Gasteiger partial charge in [-0.05, 0) is 41.3 Å². The lowest BCUT2D eigenvalue weighted by molar-refractivity contribution is 0.0730. The number of rotatable bonds is 8. The molecule has 1 saturated heterocycles. The Hall–Kier alpha value is -1.97. The van der Waals surface area contributed by atoms with Crippen LogP contribution >= 0.6 is 11.3 Å². The van der Waals surface area contributed by atoms with Crippen molar-refractivity contribution in [3.05, 3.63) is 76.4 Å². The lowest BCUT2D eigenvalue weighted by atomic mass is 10.2. The Morgan fingerprint density at radius 3 is 2.59 bits per heavy atom. The van der Waals surface area contributed by atoms with E-state index in [1.54, 1.807) is 29.7 Å². The van der Waals surface area contributed by atoms with Gasteiger partial charge in [0.2, 0.25) is 10.0 Å². The molecule has 0 radical (unpaired) electrons. The van der Waals surface area contributed by atoms with Crippen molar-refractivity contribution in [2.75, 3.05) is 26.3 Å². The predicted molar refractivity (Wildman–Crippen MR) is 112 cm³/mol. The average Bonchev–Trinajstić information content (AvgIpc) is 3.43. The molecule has 6 nitrogen and oxygen atoms in total. The molecule has 1 aliphatic rings. The molecule has 1 aliphatic heterocycles. The van der Waals surface area contributed by atoms with Crippen LogP contribution in [0.4, 0.5) is 0 Å². The van der Waals surface area contributed by atoms with Crippen LogP contribution < -0.4 is 0 Å². The van der Waals surface area contributed by atoms with Crippen molar-refractivity contribution in [2.24, 2.45) is 0 Å². The molecule has 29 heavy (non-hydrogen) atoms. The van der Waals surface area contributed by atoms with Crippen LogP contribution in [0.1, 0.15) is 16.2 Å². The Morgan fingerprint density at radius 1 is 1.00 bits per heavy atom. The van der Waals surface area contributed by atoms with Gasteiger partial charge in [-0.3, -0.25) is 4.90 Å². The van der Waals surface area contributed by atoms with E-state index in [9.17, 15) is 8.42 Å². The second kappa shape index (κ2) is 9.23. The number of ether oxygens (including phenoxy) is 1. The molecule has 0 bridgehead atoms. The van der Waals surface area contributed by atoms with Crippen molar-refractivity contribution in [1.82, 2.24) is 9.21 Å². The number of hydrogen-bond acceptors (Lipinski definition) is 6. The minimum absolute atomic E-state index is 0.339. The SMILES string of the molecule is O=S(=O)(c1cccc(CN(Cc2ccco2)Cc2cccs2)c1)N1CCOCC1. The predicted octanol–water partition coefficient (Wildman–Crippen LogP) is 3.56. The number of benzene rings is 1. The average molecular weight is 433 g/mol. The highest BCUT2D eigenvalue weighted by atomic mass is 32.2. The topological polar surface area (TPSA) is 63.0 Å². The monoisotopic (exact) mass is 432 g/mol. The number of furan rings is 1. The van der Waals surface area contributed by atoms with Crippen molar-refractivity contribution in [3.63, 3.8) is 0 Å². The maximum Gasteiger partial charge on any atom is 0.243 e. The first-order chi connectivity index (χ1) is 14.1. The Bertz CT molecular complexity index is 959. The van der Waals surface area contributed by atoms with Crippen LogP contribution in [-0.4, -0.2) is 43.9 Å². The summed E-state index contributed by atoms with van der Waals surface area (Å²) < 4.78 is 38.3. The summed E-state index contributed by atoms with van der Waals surface area (Å²) in [7, 11) is -3.50. The van der Waals surface area contributed by atoms with E-state index < -0.39 is 10.0 Å². The summed E-state index contributed by atoms with van der Waals surface area (Å²) in [4.78, 5) is 3.85. The van der Waals surface area contributed by atoms with Crippen molar-refractivity contribution >= 4 is 21.4 Å². The summed E-state index contributed by atoms with van der Waals surface area (Å²) in [5.74, 6) is 0.888. The van der Waals surface area contributed by atoms with E-state index in [0.717, 1.165) is 17.9 Å². The minimum Gasteiger partial charge on any atom is -0.468 e. The first-order valence-corrected chi connectivity index (χ1v) is 11.9. The lowest BCUT2D eigenvalue weighted by Crippen LogP contribution is -2.40.